The number of fused-ring (bicyclic) bond motifs is 1. The molecule has 0 unspecified atom stereocenters. The highest BCUT2D eigenvalue weighted by atomic mass is 16.3. The van der Waals surface area contributed by atoms with Crippen LogP contribution in [-0.2, 0) is 11.3 Å². The van der Waals surface area contributed by atoms with E-state index in [2.05, 4.69) is 10.3 Å². The summed E-state index contributed by atoms with van der Waals surface area (Å²) in [6.07, 6.45) is 1.96. The molecular weight excluding hydrogens is 310 g/mol. The van der Waals surface area contributed by atoms with Gasteiger partial charge in [-0.2, -0.15) is 0 Å². The molecule has 0 fully saturated rings. The van der Waals surface area contributed by atoms with Gasteiger partial charge in [-0.25, -0.2) is 4.98 Å². The molecule has 0 bridgehead atoms. The average molecular weight is 327 g/mol. The predicted molar refractivity (Wildman–Crippen MR) is 84.1 cm³/mol. The zero-order valence-electron chi connectivity index (χ0n) is 13.2. The van der Waals surface area contributed by atoms with Gasteiger partial charge in [-0.05, 0) is 25.5 Å². The Labute approximate surface area is 138 Å². The fourth-order valence-corrected chi connectivity index (χ4v) is 2.60. The van der Waals surface area contributed by atoms with E-state index in [1.54, 1.807) is 31.2 Å². The van der Waals surface area contributed by atoms with Crippen LogP contribution in [-0.4, -0.2) is 34.2 Å². The Morgan fingerprint density at radius 2 is 1.88 bits per heavy atom. The largest absolute Gasteiger partial charge is 0.446 e. The number of hydrogen-bond donors (Lipinski definition) is 1. The zero-order valence-corrected chi connectivity index (χ0v) is 13.2. The molecule has 3 amide bonds. The van der Waals surface area contributed by atoms with Crippen molar-refractivity contribution in [3.63, 3.8) is 0 Å². The summed E-state index contributed by atoms with van der Waals surface area (Å²) in [4.78, 5) is 41.4. The number of aryl methyl sites for hydroxylation is 1. The predicted octanol–water partition coefficient (Wildman–Crippen LogP) is 1.68. The maximum atomic E-state index is 12.2. The second-order valence-electron chi connectivity index (χ2n) is 5.55. The maximum absolute atomic E-state index is 12.2. The quantitative estimate of drug-likeness (QED) is 0.815. The molecule has 7 heteroatoms. The normalized spacial score (nSPS) is 13.3. The SMILES string of the molecule is Cc1ncoc1CNC(=O)CCCN1C(=O)c2ccccc2C1=O. The summed E-state index contributed by atoms with van der Waals surface area (Å²) in [6.45, 7) is 2.30. The molecule has 0 saturated carbocycles. The minimum Gasteiger partial charge on any atom is -0.446 e. The number of benzene rings is 1. The fourth-order valence-electron chi connectivity index (χ4n) is 2.60. The minimum atomic E-state index is -0.298. The molecule has 0 aliphatic carbocycles. The van der Waals surface area contributed by atoms with Gasteiger partial charge in [0, 0.05) is 13.0 Å². The van der Waals surface area contributed by atoms with Crippen LogP contribution < -0.4 is 5.32 Å². The van der Waals surface area contributed by atoms with Gasteiger partial charge in [0.2, 0.25) is 5.91 Å². The van der Waals surface area contributed by atoms with E-state index in [4.69, 9.17) is 4.42 Å². The molecular formula is C17H17N3O4. The van der Waals surface area contributed by atoms with E-state index in [1.807, 2.05) is 0 Å². The van der Waals surface area contributed by atoms with Crippen LogP contribution in [0.1, 0.15) is 45.0 Å². The summed E-state index contributed by atoms with van der Waals surface area (Å²) >= 11 is 0. The van der Waals surface area contributed by atoms with Crippen LogP contribution >= 0.6 is 0 Å². The van der Waals surface area contributed by atoms with Crippen LogP contribution in [0.25, 0.3) is 0 Å². The highest BCUT2D eigenvalue weighted by Crippen LogP contribution is 2.22. The lowest BCUT2D eigenvalue weighted by Gasteiger charge is -2.13. The van der Waals surface area contributed by atoms with Crippen molar-refractivity contribution in [2.75, 3.05) is 6.54 Å². The van der Waals surface area contributed by atoms with Gasteiger partial charge in [0.25, 0.3) is 11.8 Å². The lowest BCUT2D eigenvalue weighted by Crippen LogP contribution is -2.32. The zero-order chi connectivity index (χ0) is 17.1. The van der Waals surface area contributed by atoms with Crippen molar-refractivity contribution in [1.82, 2.24) is 15.2 Å². The first-order valence-corrected chi connectivity index (χ1v) is 7.69. The van der Waals surface area contributed by atoms with Gasteiger partial charge >= 0.3 is 0 Å². The average Bonchev–Trinajstić information content (AvgIpc) is 3.10. The van der Waals surface area contributed by atoms with E-state index in [0.717, 1.165) is 5.69 Å². The number of rotatable bonds is 6. The van der Waals surface area contributed by atoms with E-state index in [0.29, 0.717) is 23.3 Å². The van der Waals surface area contributed by atoms with Crippen molar-refractivity contribution in [3.8, 4) is 0 Å². The third-order valence-electron chi connectivity index (χ3n) is 3.95. The van der Waals surface area contributed by atoms with Crippen LogP contribution in [0.4, 0.5) is 0 Å². The van der Waals surface area contributed by atoms with Crippen molar-refractivity contribution in [2.24, 2.45) is 0 Å². The number of nitrogens with one attached hydrogen (secondary N) is 1. The van der Waals surface area contributed by atoms with Crippen LogP contribution in [0.3, 0.4) is 0 Å². The van der Waals surface area contributed by atoms with E-state index < -0.39 is 0 Å². The molecule has 1 aliphatic rings. The molecule has 2 heterocycles. The minimum absolute atomic E-state index is 0.164. The van der Waals surface area contributed by atoms with Crippen LogP contribution in [0.15, 0.2) is 35.1 Å². The van der Waals surface area contributed by atoms with E-state index in [-0.39, 0.29) is 37.2 Å². The molecule has 0 saturated heterocycles. The third-order valence-corrected chi connectivity index (χ3v) is 3.95. The van der Waals surface area contributed by atoms with Gasteiger partial charge < -0.3 is 9.73 Å². The Balaban J connectivity index is 1.47. The summed E-state index contributed by atoms with van der Waals surface area (Å²) in [5.74, 6) is -0.146. The highest BCUT2D eigenvalue weighted by molar-refractivity contribution is 6.21. The Hall–Kier alpha value is -2.96. The Kier molecular flexibility index (Phi) is 4.41. The summed E-state index contributed by atoms with van der Waals surface area (Å²) in [5, 5.41) is 2.73. The molecule has 3 rings (SSSR count). The number of imide groups is 1. The Bertz CT molecular complexity index is 762. The number of amides is 3. The van der Waals surface area contributed by atoms with Gasteiger partial charge in [0.15, 0.2) is 6.39 Å². The molecule has 1 aromatic carbocycles. The summed E-state index contributed by atoms with van der Waals surface area (Å²) in [7, 11) is 0. The smallest absolute Gasteiger partial charge is 0.261 e. The summed E-state index contributed by atoms with van der Waals surface area (Å²) < 4.78 is 5.14. The Morgan fingerprint density at radius 1 is 1.21 bits per heavy atom. The van der Waals surface area contributed by atoms with Crippen molar-refractivity contribution in [2.45, 2.75) is 26.3 Å². The Morgan fingerprint density at radius 3 is 2.46 bits per heavy atom. The van der Waals surface area contributed by atoms with E-state index in [1.165, 1.54) is 11.3 Å². The van der Waals surface area contributed by atoms with E-state index in [9.17, 15) is 14.4 Å². The van der Waals surface area contributed by atoms with Gasteiger partial charge in [0.1, 0.15) is 5.76 Å². The number of hydrogen-bond acceptors (Lipinski definition) is 5. The van der Waals surface area contributed by atoms with Gasteiger partial charge in [-0.1, -0.05) is 12.1 Å². The standard InChI is InChI=1S/C17H17N3O4/c1-11-14(24-10-19-11)9-18-15(21)7-4-8-20-16(22)12-5-2-3-6-13(12)17(20)23/h2-3,5-6,10H,4,7-9H2,1H3,(H,18,21). The molecule has 0 radical (unpaired) electrons. The lowest BCUT2D eigenvalue weighted by atomic mass is 10.1. The van der Waals surface area contributed by atoms with Gasteiger partial charge in [-0.3, -0.25) is 19.3 Å². The second kappa shape index (κ2) is 6.66. The van der Waals surface area contributed by atoms with Crippen LogP contribution in [0.2, 0.25) is 0 Å². The molecule has 2 aromatic rings. The lowest BCUT2D eigenvalue weighted by molar-refractivity contribution is -0.121. The first kappa shape index (κ1) is 15.9. The molecule has 7 nitrogen and oxygen atoms in total. The van der Waals surface area contributed by atoms with Crippen LogP contribution in [0, 0.1) is 6.92 Å². The number of carbonyl (C=O) groups excluding carboxylic acids is 3. The van der Waals surface area contributed by atoms with Crippen molar-refractivity contribution < 1.29 is 18.8 Å². The summed E-state index contributed by atoms with van der Waals surface area (Å²) in [6, 6.07) is 6.74. The molecule has 1 N–H and O–H groups in total. The highest BCUT2D eigenvalue weighted by Gasteiger charge is 2.34. The van der Waals surface area contributed by atoms with Crippen molar-refractivity contribution in [3.05, 3.63) is 53.2 Å². The first-order valence-electron chi connectivity index (χ1n) is 7.69. The maximum Gasteiger partial charge on any atom is 0.261 e. The molecule has 124 valence electrons. The number of oxazole rings is 1. The second-order valence-corrected chi connectivity index (χ2v) is 5.55. The number of aromatic nitrogens is 1. The molecule has 1 aliphatic heterocycles. The topological polar surface area (TPSA) is 92.5 Å². The van der Waals surface area contributed by atoms with Gasteiger partial charge in [0.05, 0.1) is 23.4 Å². The molecule has 0 atom stereocenters. The molecule has 24 heavy (non-hydrogen) atoms. The van der Waals surface area contributed by atoms with Gasteiger partial charge in [-0.15, -0.1) is 0 Å². The van der Waals surface area contributed by atoms with Crippen molar-refractivity contribution in [1.29, 1.82) is 0 Å². The molecule has 0 spiro atoms. The number of nitrogens with zero attached hydrogens (tertiary/aromatic N) is 2. The fraction of sp³-hybridized carbons (Fsp3) is 0.294. The first-order chi connectivity index (χ1) is 11.6. The van der Waals surface area contributed by atoms with Crippen molar-refractivity contribution >= 4 is 17.7 Å². The summed E-state index contributed by atoms with van der Waals surface area (Å²) in [5.41, 5.74) is 1.59. The monoisotopic (exact) mass is 327 g/mol. The molecule has 1 aromatic heterocycles. The van der Waals surface area contributed by atoms with E-state index >= 15 is 0 Å². The third kappa shape index (κ3) is 3.05. The van der Waals surface area contributed by atoms with Crippen LogP contribution in [0.5, 0.6) is 0 Å². The number of carbonyl (C=O) groups is 3.